The van der Waals surface area contributed by atoms with E-state index in [1.807, 2.05) is 0 Å². The normalized spacial score (nSPS) is 12.9. The van der Waals surface area contributed by atoms with Crippen molar-refractivity contribution in [3.8, 4) is 0 Å². The molecular formula is C62H67BrGeP4W+4. The molecule has 1 aliphatic carbocycles. The van der Waals surface area contributed by atoms with E-state index >= 15 is 0 Å². The van der Waals surface area contributed by atoms with E-state index in [0.717, 1.165) is 0 Å². The second-order valence-electron chi connectivity index (χ2n) is 17.6. The van der Waals surface area contributed by atoms with Gasteiger partial charge < -0.3 is 0 Å². The van der Waals surface area contributed by atoms with Crippen LogP contribution in [-0.4, -0.2) is 36.6 Å². The molecule has 0 radical (unpaired) electrons. The van der Waals surface area contributed by atoms with Crippen LogP contribution in [0.1, 0.15) is 34.6 Å². The van der Waals surface area contributed by atoms with Crippen LogP contribution < -0.4 is 42.4 Å². The maximum absolute atomic E-state index is 3.77. The Kier molecular flexibility index (Phi) is 21.7. The number of allylic oxidation sites excluding steroid dienone is 4. The summed E-state index contributed by atoms with van der Waals surface area (Å²) in [6, 6.07) is 89.0. The minimum absolute atomic E-state index is 0.136. The molecular weight excluding hydrogens is 1200 g/mol. The van der Waals surface area contributed by atoms with E-state index in [1.54, 1.807) is 22.3 Å². The first kappa shape index (κ1) is 53.5. The van der Waals surface area contributed by atoms with Crippen molar-refractivity contribution in [3.63, 3.8) is 0 Å². The van der Waals surface area contributed by atoms with Crippen molar-refractivity contribution in [1.29, 1.82) is 0 Å². The molecule has 0 nitrogen and oxygen atoms in total. The molecule has 0 spiro atoms. The Morgan fingerprint density at radius 3 is 0.623 bits per heavy atom. The minimum atomic E-state index is -0.783. The van der Waals surface area contributed by atoms with Crippen molar-refractivity contribution >= 4 is 99.3 Å². The first-order chi connectivity index (χ1) is 33.8. The first-order valence-electron chi connectivity index (χ1n) is 24.1. The van der Waals surface area contributed by atoms with Crippen molar-refractivity contribution in [2.24, 2.45) is 0 Å². The number of rotatable bonds is 14. The summed E-state index contributed by atoms with van der Waals surface area (Å²) in [5.41, 5.74) is 6.43. The van der Waals surface area contributed by atoms with Crippen LogP contribution in [0.4, 0.5) is 0 Å². The summed E-state index contributed by atoms with van der Waals surface area (Å²) < 4.78 is 0.516. The third-order valence-electron chi connectivity index (χ3n) is 13.7. The molecule has 0 amide bonds. The summed E-state index contributed by atoms with van der Waals surface area (Å²) in [5.74, 6) is 0. The van der Waals surface area contributed by atoms with E-state index in [0.29, 0.717) is 4.25 Å². The molecule has 0 saturated heterocycles. The summed E-state index contributed by atoms with van der Waals surface area (Å²) in [7, 11) is -3.13. The molecule has 7 heteroatoms. The van der Waals surface area contributed by atoms with Gasteiger partial charge in [0.05, 0.1) is 74.1 Å². The van der Waals surface area contributed by atoms with Crippen LogP contribution in [-0.2, 0) is 13.5 Å². The van der Waals surface area contributed by atoms with Crippen LogP contribution in [0.3, 0.4) is 0 Å². The first-order valence-corrected chi connectivity index (χ1v) is 46.8. The van der Waals surface area contributed by atoms with Crippen LogP contribution in [0.25, 0.3) is 0 Å². The van der Waals surface area contributed by atoms with Crippen molar-refractivity contribution in [2.75, 3.05) is 24.6 Å². The molecule has 0 heterocycles. The van der Waals surface area contributed by atoms with Crippen molar-refractivity contribution in [1.82, 2.24) is 0 Å². The van der Waals surface area contributed by atoms with Gasteiger partial charge in [0.25, 0.3) is 0 Å². The second kappa shape index (κ2) is 28.1. The molecule has 0 saturated carbocycles. The van der Waals surface area contributed by atoms with Gasteiger partial charge in [-0.1, -0.05) is 146 Å². The Balaban J connectivity index is 0.000000164. The van der Waals surface area contributed by atoms with Crippen LogP contribution in [0.2, 0.25) is 4.25 Å². The molecule has 0 atom stereocenters. The van der Waals surface area contributed by atoms with Gasteiger partial charge in [-0.3, -0.25) is 0 Å². The van der Waals surface area contributed by atoms with E-state index in [2.05, 4.69) is 291 Å². The molecule has 0 unspecified atom stereocenters. The van der Waals surface area contributed by atoms with Gasteiger partial charge in [-0.2, -0.15) is 0 Å². The summed E-state index contributed by atoms with van der Waals surface area (Å²) in [6.45, 7) is 11.7. The Bertz CT molecular complexity index is 2380. The molecule has 8 aromatic rings. The van der Waals surface area contributed by atoms with Crippen molar-refractivity contribution < 1.29 is 13.5 Å². The molecule has 0 aromatic heterocycles. The number of hydrogen-bond donors (Lipinski definition) is 0. The van der Waals surface area contributed by atoms with Crippen molar-refractivity contribution in [3.05, 3.63) is 265 Å². The Morgan fingerprint density at radius 2 is 0.478 bits per heavy atom. The molecule has 0 fully saturated rings. The van der Waals surface area contributed by atoms with Gasteiger partial charge in [0.15, 0.2) is 0 Å². The van der Waals surface area contributed by atoms with E-state index in [4.69, 9.17) is 0 Å². The van der Waals surface area contributed by atoms with E-state index in [1.165, 1.54) is 67.1 Å². The molecule has 0 bridgehead atoms. The average molecular weight is 1270 g/mol. The van der Waals surface area contributed by atoms with Crippen LogP contribution >= 0.6 is 45.0 Å². The molecule has 69 heavy (non-hydrogen) atoms. The molecule has 0 aliphatic heterocycles. The summed E-state index contributed by atoms with van der Waals surface area (Å²) in [6.07, 6.45) is 5.04. The standard InChI is InChI=1S/2C26H24P2.C10H15Ge.BrH.W/c2*1-5-13-23(14-6-1)27(24-15-7-2-8-16-24)21-22-28(25-17-9-3-10-18-25)26-19-11-4-12-20-26;1-6-7(2)9(4)10(5,11)8(6)3;;/h2*1-20H,21-22H2;1-5H3;1H;/q;;;;+1/p+3. The molecule has 0 N–H and O–H groups in total. The van der Waals surface area contributed by atoms with Crippen LogP contribution in [0, 0.1) is 0 Å². The predicted octanol–water partition coefficient (Wildman–Crippen LogP) is 13.3. The number of benzene rings is 8. The fourth-order valence-corrected chi connectivity index (χ4v) is 45.8. The van der Waals surface area contributed by atoms with Gasteiger partial charge in [-0.05, 0) is 97.1 Å². The predicted molar refractivity (Wildman–Crippen MR) is 321 cm³/mol. The zero-order valence-corrected chi connectivity index (χ0v) is 51.3. The van der Waals surface area contributed by atoms with Gasteiger partial charge in [-0.15, -0.1) is 0 Å². The van der Waals surface area contributed by atoms with Gasteiger partial charge in [-0.25, -0.2) is 0 Å². The maximum Gasteiger partial charge on any atom is 0.101 e. The summed E-state index contributed by atoms with van der Waals surface area (Å²) >= 11 is 3.87. The molecule has 348 valence electrons. The number of halogens is 1. The Hall–Kier alpha value is -3.33. The fraction of sp³-hybridized carbons (Fsp3) is 0.161. The van der Waals surface area contributed by atoms with Crippen LogP contribution in [0.5, 0.6) is 0 Å². The topological polar surface area (TPSA) is 0 Å². The monoisotopic (exact) mass is 1270 g/mol. The summed E-state index contributed by atoms with van der Waals surface area (Å²) in [5, 5.41) is 12.1. The fourth-order valence-electron chi connectivity index (χ4n) is 9.26. The third kappa shape index (κ3) is 14.9. The SMILES string of the molecule is CC1=C(C)[C](C)([Ge]#[W][Br])C(C)=C1C.c1ccc([PH+](CC[PH+](c2ccccc2)c2ccccc2)c2ccccc2)cc1.c1ccc([PH+](CC[PH+](c2ccccc2)c2ccccc2)c2ccccc2)cc1. The zero-order valence-electron chi connectivity index (χ0n) is 40.7. The van der Waals surface area contributed by atoms with Crippen molar-refractivity contribution in [2.45, 2.75) is 38.9 Å². The molecule has 1 aliphatic rings. The van der Waals surface area contributed by atoms with Crippen LogP contribution in [0.15, 0.2) is 265 Å². The second-order valence-corrected chi connectivity index (χ2v) is 51.4. The zero-order chi connectivity index (χ0) is 48.3. The largest absolute Gasteiger partial charge is 0.101 e. The number of hydrogen-bond acceptors (Lipinski definition) is 0. The van der Waals surface area contributed by atoms with E-state index in [-0.39, 0.29) is 25.4 Å². The van der Waals surface area contributed by atoms with Gasteiger partial charge in [0.1, 0.15) is 24.6 Å². The molecule has 9 rings (SSSR count). The quantitative estimate of drug-likeness (QED) is 0.0752. The minimum Gasteiger partial charge on any atom is -0.0620 e. The van der Waals surface area contributed by atoms with E-state index in [9.17, 15) is 0 Å². The van der Waals surface area contributed by atoms with E-state index < -0.39 is 31.7 Å². The molecule has 8 aromatic carbocycles. The van der Waals surface area contributed by atoms with Gasteiger partial charge >= 0.3 is 99.8 Å². The smallest absolute Gasteiger partial charge is 0.0620 e. The Labute approximate surface area is 437 Å². The Morgan fingerprint density at radius 1 is 0.319 bits per heavy atom. The average Bonchev–Trinajstić information content (AvgIpc) is 3.56. The maximum atomic E-state index is 3.77. The van der Waals surface area contributed by atoms with Gasteiger partial charge in [0, 0.05) is 0 Å². The summed E-state index contributed by atoms with van der Waals surface area (Å²) in [4.78, 5) is 0. The third-order valence-corrected chi connectivity index (χ3v) is 44.4. The van der Waals surface area contributed by atoms with Gasteiger partial charge in [0.2, 0.25) is 0 Å².